The summed E-state index contributed by atoms with van der Waals surface area (Å²) in [5, 5.41) is 3.24. The summed E-state index contributed by atoms with van der Waals surface area (Å²) in [5.41, 5.74) is -0.163. The van der Waals surface area contributed by atoms with Crippen molar-refractivity contribution in [1.29, 1.82) is 0 Å². The third-order valence-corrected chi connectivity index (χ3v) is 3.58. The first kappa shape index (κ1) is 10.9. The van der Waals surface area contributed by atoms with E-state index in [0.717, 1.165) is 13.0 Å². The fourth-order valence-electron chi connectivity index (χ4n) is 1.48. The van der Waals surface area contributed by atoms with Gasteiger partial charge in [0, 0.05) is 18.6 Å². The summed E-state index contributed by atoms with van der Waals surface area (Å²) in [7, 11) is -1.91. The molecule has 1 rings (SSSR count). The molecule has 0 saturated carbocycles. The van der Waals surface area contributed by atoms with Gasteiger partial charge in [0.05, 0.1) is 0 Å². The lowest BCUT2D eigenvalue weighted by Crippen LogP contribution is -2.52. The Hall–Kier alpha value is -0.170. The summed E-state index contributed by atoms with van der Waals surface area (Å²) >= 11 is 0. The minimum Gasteiger partial charge on any atom is -0.310 e. The van der Waals surface area contributed by atoms with E-state index in [2.05, 4.69) is 14.8 Å². The van der Waals surface area contributed by atoms with Gasteiger partial charge in [-0.3, -0.25) is 0 Å². The quantitative estimate of drug-likeness (QED) is 0.566. The topological polar surface area (TPSA) is 70.2 Å². The number of rotatable bonds is 3. The molecule has 0 radical (unpaired) electrons. The van der Waals surface area contributed by atoms with Crippen molar-refractivity contribution in [3.05, 3.63) is 0 Å². The molecule has 1 aliphatic heterocycles. The lowest BCUT2D eigenvalue weighted by atomic mass is 9.98. The normalized spacial score (nSPS) is 27.8. The number of hydrogen-bond acceptors (Lipinski definition) is 3. The molecule has 0 aromatic heterocycles. The zero-order valence-corrected chi connectivity index (χ0v) is 9.03. The van der Waals surface area contributed by atoms with E-state index in [1.54, 1.807) is 0 Å². The third-order valence-electron chi connectivity index (χ3n) is 2.45. The van der Waals surface area contributed by atoms with Gasteiger partial charge in [0.25, 0.3) is 10.2 Å². The van der Waals surface area contributed by atoms with Crippen LogP contribution >= 0.6 is 0 Å². The minimum absolute atomic E-state index is 0.0371. The molecule has 1 unspecified atom stereocenters. The van der Waals surface area contributed by atoms with E-state index in [-0.39, 0.29) is 11.6 Å². The van der Waals surface area contributed by atoms with Gasteiger partial charge in [-0.25, -0.2) is 4.72 Å². The molecular weight excluding hydrogens is 190 g/mol. The molecule has 5 nitrogen and oxygen atoms in total. The Labute approximate surface area is 79.5 Å². The monoisotopic (exact) mass is 207 g/mol. The van der Waals surface area contributed by atoms with Crippen LogP contribution in [0.15, 0.2) is 0 Å². The van der Waals surface area contributed by atoms with Crippen molar-refractivity contribution in [2.75, 3.05) is 13.6 Å². The van der Waals surface area contributed by atoms with E-state index in [1.807, 2.05) is 13.8 Å². The maximum absolute atomic E-state index is 11.2. The van der Waals surface area contributed by atoms with E-state index >= 15 is 0 Å². The average molecular weight is 207 g/mol. The average Bonchev–Trinajstić information content (AvgIpc) is 2.31. The first-order chi connectivity index (χ1) is 5.87. The minimum atomic E-state index is -3.31. The van der Waals surface area contributed by atoms with Crippen molar-refractivity contribution >= 4 is 10.2 Å². The Morgan fingerprint density at radius 3 is 2.46 bits per heavy atom. The van der Waals surface area contributed by atoms with E-state index in [4.69, 9.17) is 0 Å². The van der Waals surface area contributed by atoms with Crippen LogP contribution < -0.4 is 14.8 Å². The Kier molecular flexibility index (Phi) is 2.96. The first-order valence-corrected chi connectivity index (χ1v) is 5.81. The third kappa shape index (κ3) is 2.63. The molecule has 1 aliphatic rings. The van der Waals surface area contributed by atoms with Crippen molar-refractivity contribution in [2.45, 2.75) is 31.8 Å². The van der Waals surface area contributed by atoms with Crippen molar-refractivity contribution in [3.8, 4) is 0 Å². The predicted molar refractivity (Wildman–Crippen MR) is 51.6 cm³/mol. The van der Waals surface area contributed by atoms with Gasteiger partial charge in [0.2, 0.25) is 0 Å². The smallest absolute Gasteiger partial charge is 0.276 e. The highest BCUT2D eigenvalue weighted by molar-refractivity contribution is 7.87. The largest absolute Gasteiger partial charge is 0.310 e. The zero-order valence-electron chi connectivity index (χ0n) is 8.22. The van der Waals surface area contributed by atoms with Gasteiger partial charge in [-0.2, -0.15) is 13.1 Å². The first-order valence-electron chi connectivity index (χ1n) is 4.33. The van der Waals surface area contributed by atoms with E-state index < -0.39 is 10.2 Å². The summed E-state index contributed by atoms with van der Waals surface area (Å²) in [6, 6.07) is -0.0371. The van der Waals surface area contributed by atoms with Crippen LogP contribution in [0.2, 0.25) is 0 Å². The second-order valence-corrected chi connectivity index (χ2v) is 5.47. The van der Waals surface area contributed by atoms with Gasteiger partial charge in [-0.15, -0.1) is 0 Å². The van der Waals surface area contributed by atoms with Crippen LogP contribution in [0.1, 0.15) is 20.3 Å². The van der Waals surface area contributed by atoms with E-state index in [9.17, 15) is 8.42 Å². The maximum Gasteiger partial charge on any atom is 0.276 e. The molecule has 1 fully saturated rings. The summed E-state index contributed by atoms with van der Waals surface area (Å²) in [4.78, 5) is 0. The Balaban J connectivity index is 2.65. The Bertz CT molecular complexity index is 273. The molecule has 6 heteroatoms. The summed E-state index contributed by atoms with van der Waals surface area (Å²) < 4.78 is 27.2. The van der Waals surface area contributed by atoms with Crippen LogP contribution in [-0.2, 0) is 10.2 Å². The molecule has 0 aliphatic carbocycles. The Morgan fingerprint density at radius 1 is 1.46 bits per heavy atom. The van der Waals surface area contributed by atoms with Gasteiger partial charge in [-0.1, -0.05) is 0 Å². The van der Waals surface area contributed by atoms with Crippen molar-refractivity contribution in [1.82, 2.24) is 14.8 Å². The van der Waals surface area contributed by atoms with Gasteiger partial charge in [0.15, 0.2) is 0 Å². The van der Waals surface area contributed by atoms with Gasteiger partial charge in [0.1, 0.15) is 0 Å². The lowest BCUT2D eigenvalue weighted by molar-refractivity contribution is 0.384. The molecule has 0 bridgehead atoms. The standard InChI is InChI=1S/C7H17N3O2S/c1-7(2)6(4-5-9-7)10-13(11,12)8-3/h6,8-10H,4-5H2,1-3H3. The second kappa shape index (κ2) is 3.53. The lowest BCUT2D eigenvalue weighted by Gasteiger charge is -2.27. The van der Waals surface area contributed by atoms with Crippen LogP contribution in [-0.4, -0.2) is 33.6 Å². The SMILES string of the molecule is CNS(=O)(=O)NC1CCNC1(C)C. The van der Waals surface area contributed by atoms with Gasteiger partial charge in [-0.05, 0) is 26.8 Å². The number of hydrogen-bond donors (Lipinski definition) is 3. The van der Waals surface area contributed by atoms with E-state index in [0.29, 0.717) is 0 Å². The van der Waals surface area contributed by atoms with Crippen LogP contribution in [0.25, 0.3) is 0 Å². The highest BCUT2D eigenvalue weighted by Crippen LogP contribution is 2.18. The van der Waals surface area contributed by atoms with Gasteiger partial charge < -0.3 is 5.32 Å². The number of nitrogens with one attached hydrogen (secondary N) is 3. The van der Waals surface area contributed by atoms with Crippen molar-refractivity contribution in [2.24, 2.45) is 0 Å². The zero-order chi connectivity index (χ0) is 10.1. The van der Waals surface area contributed by atoms with Crippen LogP contribution in [0.3, 0.4) is 0 Å². The molecule has 13 heavy (non-hydrogen) atoms. The molecule has 1 saturated heterocycles. The highest BCUT2D eigenvalue weighted by Gasteiger charge is 2.36. The summed E-state index contributed by atoms with van der Waals surface area (Å²) in [6.07, 6.45) is 0.827. The Morgan fingerprint density at radius 2 is 2.08 bits per heavy atom. The van der Waals surface area contributed by atoms with Crippen LogP contribution in [0.4, 0.5) is 0 Å². The molecule has 1 atom stereocenters. The molecule has 0 spiro atoms. The second-order valence-electron chi connectivity index (χ2n) is 3.82. The fraction of sp³-hybridized carbons (Fsp3) is 1.00. The molecule has 1 heterocycles. The van der Waals surface area contributed by atoms with Crippen molar-refractivity contribution < 1.29 is 8.42 Å². The molecule has 0 aromatic rings. The van der Waals surface area contributed by atoms with Crippen LogP contribution in [0.5, 0.6) is 0 Å². The predicted octanol–water partition coefficient (Wildman–Crippen LogP) is -0.819. The highest BCUT2D eigenvalue weighted by atomic mass is 32.2. The fourth-order valence-corrected chi connectivity index (χ4v) is 2.38. The van der Waals surface area contributed by atoms with E-state index in [1.165, 1.54) is 7.05 Å². The molecular formula is C7H17N3O2S. The van der Waals surface area contributed by atoms with Crippen LogP contribution in [0, 0.1) is 0 Å². The molecule has 78 valence electrons. The summed E-state index contributed by atoms with van der Waals surface area (Å²) in [5.74, 6) is 0. The maximum atomic E-state index is 11.2. The molecule has 0 aromatic carbocycles. The molecule has 3 N–H and O–H groups in total. The van der Waals surface area contributed by atoms with Crippen molar-refractivity contribution in [3.63, 3.8) is 0 Å². The van der Waals surface area contributed by atoms with Gasteiger partial charge >= 0.3 is 0 Å². The summed E-state index contributed by atoms with van der Waals surface area (Å²) in [6.45, 7) is 4.83. The molecule has 0 amide bonds.